The number of rotatable bonds is 12. The highest BCUT2D eigenvalue weighted by Gasteiger charge is 2.15. The molecule has 0 saturated carbocycles. The van der Waals surface area contributed by atoms with Crippen molar-refractivity contribution in [2.45, 2.75) is 32.4 Å². The quantitative estimate of drug-likeness (QED) is 0.175. The molecule has 1 atom stereocenters. The third-order valence-electron chi connectivity index (χ3n) is 4.21. The van der Waals surface area contributed by atoms with E-state index in [1.807, 2.05) is 0 Å². The summed E-state index contributed by atoms with van der Waals surface area (Å²) in [7, 11) is 1.70. The fraction of sp³-hybridized carbons (Fsp3) is 0.650. The highest BCUT2D eigenvalue weighted by Crippen LogP contribution is 2.10. The number of benzene rings is 1. The third kappa shape index (κ3) is 10.4. The minimum Gasteiger partial charge on any atom is -0.383 e. The van der Waals surface area contributed by atoms with E-state index in [0.29, 0.717) is 13.2 Å². The number of methoxy groups -OCH3 is 1. The molecule has 2 rings (SSSR count). The van der Waals surface area contributed by atoms with E-state index in [0.717, 1.165) is 63.9 Å². The third-order valence-corrected chi connectivity index (χ3v) is 4.21. The van der Waals surface area contributed by atoms with E-state index in [-0.39, 0.29) is 30.1 Å². The molecule has 7 nitrogen and oxygen atoms in total. The number of nitrogens with zero attached hydrogens (tertiary/aromatic N) is 1. The Morgan fingerprint density at radius 2 is 2.00 bits per heavy atom. The lowest BCUT2D eigenvalue weighted by Gasteiger charge is -2.13. The molecule has 0 amide bonds. The summed E-state index contributed by atoms with van der Waals surface area (Å²) in [6.45, 7) is 8.19. The van der Waals surface area contributed by atoms with Crippen LogP contribution in [0, 0.1) is 0 Å². The molecule has 1 heterocycles. The predicted octanol–water partition coefficient (Wildman–Crippen LogP) is 2.61. The lowest BCUT2D eigenvalue weighted by molar-refractivity contribution is 0.0420. The van der Waals surface area contributed by atoms with Crippen molar-refractivity contribution in [2.24, 2.45) is 4.99 Å². The van der Waals surface area contributed by atoms with Crippen LogP contribution in [0.2, 0.25) is 0 Å². The van der Waals surface area contributed by atoms with Crippen LogP contribution in [0.4, 0.5) is 5.69 Å². The van der Waals surface area contributed by atoms with Crippen molar-refractivity contribution in [1.29, 1.82) is 0 Å². The number of guanidine groups is 1. The molecule has 1 aliphatic heterocycles. The van der Waals surface area contributed by atoms with Gasteiger partial charge in [0.05, 0.1) is 25.9 Å². The van der Waals surface area contributed by atoms with Crippen molar-refractivity contribution in [3.8, 4) is 0 Å². The number of hydrogen-bond donors (Lipinski definition) is 3. The number of anilines is 1. The van der Waals surface area contributed by atoms with Crippen molar-refractivity contribution < 1.29 is 14.2 Å². The van der Waals surface area contributed by atoms with Gasteiger partial charge in [0, 0.05) is 45.6 Å². The van der Waals surface area contributed by atoms with Crippen molar-refractivity contribution in [2.75, 3.05) is 58.5 Å². The summed E-state index contributed by atoms with van der Waals surface area (Å²) in [6.07, 6.45) is 2.24. The van der Waals surface area contributed by atoms with Gasteiger partial charge < -0.3 is 30.2 Å². The molecule has 0 aromatic heterocycles. The average molecular weight is 506 g/mol. The Balaban J connectivity index is 0.00000392. The highest BCUT2D eigenvalue weighted by atomic mass is 127. The van der Waals surface area contributed by atoms with Gasteiger partial charge >= 0.3 is 0 Å². The normalized spacial score (nSPS) is 16.5. The first-order chi connectivity index (χ1) is 13.3. The van der Waals surface area contributed by atoms with Gasteiger partial charge in [0.25, 0.3) is 0 Å². The maximum absolute atomic E-state index is 5.78. The number of nitrogens with one attached hydrogen (secondary N) is 3. The molecule has 0 bridgehead atoms. The van der Waals surface area contributed by atoms with Crippen LogP contribution in [0.1, 0.15) is 25.3 Å². The van der Waals surface area contributed by atoms with Crippen LogP contribution >= 0.6 is 24.0 Å². The van der Waals surface area contributed by atoms with Crippen molar-refractivity contribution in [3.05, 3.63) is 29.8 Å². The zero-order valence-corrected chi connectivity index (χ0v) is 19.4. The smallest absolute Gasteiger partial charge is 0.191 e. The number of hydrogen-bond acceptors (Lipinski definition) is 5. The van der Waals surface area contributed by atoms with E-state index in [1.54, 1.807) is 7.11 Å². The van der Waals surface area contributed by atoms with Crippen molar-refractivity contribution >= 4 is 35.6 Å². The summed E-state index contributed by atoms with van der Waals surface area (Å²) >= 11 is 0. The molecule has 1 aromatic rings. The second-order valence-corrected chi connectivity index (χ2v) is 6.45. The van der Waals surface area contributed by atoms with Gasteiger partial charge in [-0.2, -0.15) is 0 Å². The SMILES string of the molecule is CCNC(=NCc1ccc(NCCOC)cc1)NCCCOC1CCOC1.I. The molecule has 0 aliphatic carbocycles. The van der Waals surface area contributed by atoms with E-state index < -0.39 is 0 Å². The van der Waals surface area contributed by atoms with Crippen LogP contribution < -0.4 is 16.0 Å². The van der Waals surface area contributed by atoms with E-state index in [1.165, 1.54) is 5.56 Å². The van der Waals surface area contributed by atoms with Gasteiger partial charge in [-0.05, 0) is 37.5 Å². The van der Waals surface area contributed by atoms with E-state index in [2.05, 4.69) is 52.1 Å². The topological polar surface area (TPSA) is 76.1 Å². The monoisotopic (exact) mass is 506 g/mol. The largest absolute Gasteiger partial charge is 0.383 e. The highest BCUT2D eigenvalue weighted by molar-refractivity contribution is 14.0. The van der Waals surface area contributed by atoms with Gasteiger partial charge in [-0.15, -0.1) is 24.0 Å². The van der Waals surface area contributed by atoms with Crippen LogP contribution in [-0.4, -0.2) is 65.2 Å². The standard InChI is InChI=1S/C20H34N4O3.HI/c1-3-21-20(23-10-4-12-27-19-9-13-26-16-19)24-15-17-5-7-18(8-6-17)22-11-14-25-2;/h5-8,19,22H,3-4,9-16H2,1-2H3,(H2,21,23,24);1H. The molecular formula is C20H35IN4O3. The average Bonchev–Trinajstić information content (AvgIpc) is 3.20. The van der Waals surface area contributed by atoms with Gasteiger partial charge in [0.1, 0.15) is 0 Å². The number of ether oxygens (including phenoxy) is 3. The summed E-state index contributed by atoms with van der Waals surface area (Å²) < 4.78 is 16.1. The lowest BCUT2D eigenvalue weighted by atomic mass is 10.2. The van der Waals surface area contributed by atoms with E-state index >= 15 is 0 Å². The zero-order valence-electron chi connectivity index (χ0n) is 17.0. The molecule has 1 aliphatic rings. The Morgan fingerprint density at radius 1 is 1.18 bits per heavy atom. The molecule has 1 saturated heterocycles. The first kappa shape index (κ1) is 24.9. The Kier molecular flexibility index (Phi) is 14.1. The predicted molar refractivity (Wildman–Crippen MR) is 125 cm³/mol. The van der Waals surface area contributed by atoms with Crippen LogP contribution in [0.25, 0.3) is 0 Å². The second-order valence-electron chi connectivity index (χ2n) is 6.45. The van der Waals surface area contributed by atoms with Crippen molar-refractivity contribution in [3.63, 3.8) is 0 Å². The Labute approximate surface area is 186 Å². The molecule has 8 heteroatoms. The molecule has 1 fully saturated rings. The van der Waals surface area contributed by atoms with Crippen LogP contribution in [0.15, 0.2) is 29.3 Å². The minimum atomic E-state index is 0. The molecular weight excluding hydrogens is 471 g/mol. The summed E-state index contributed by atoms with van der Waals surface area (Å²) in [5, 5.41) is 9.96. The fourth-order valence-corrected chi connectivity index (χ4v) is 2.71. The summed E-state index contributed by atoms with van der Waals surface area (Å²) in [4.78, 5) is 4.66. The van der Waals surface area contributed by atoms with Crippen LogP contribution in [-0.2, 0) is 20.8 Å². The molecule has 0 radical (unpaired) electrons. The zero-order chi connectivity index (χ0) is 19.2. The van der Waals surface area contributed by atoms with Gasteiger partial charge in [0.15, 0.2) is 5.96 Å². The summed E-state index contributed by atoms with van der Waals surface area (Å²) in [6, 6.07) is 8.34. The maximum Gasteiger partial charge on any atom is 0.191 e. The molecule has 1 aromatic carbocycles. The Bertz CT molecular complexity index is 537. The Hall–Kier alpha value is -1.10. The molecule has 3 N–H and O–H groups in total. The van der Waals surface area contributed by atoms with Gasteiger partial charge in [-0.3, -0.25) is 0 Å². The number of aliphatic imine (C=N–C) groups is 1. The minimum absolute atomic E-state index is 0. The van der Waals surface area contributed by atoms with Gasteiger partial charge in [0.2, 0.25) is 0 Å². The molecule has 160 valence electrons. The van der Waals surface area contributed by atoms with Crippen molar-refractivity contribution in [1.82, 2.24) is 10.6 Å². The maximum atomic E-state index is 5.78. The van der Waals surface area contributed by atoms with E-state index in [4.69, 9.17) is 14.2 Å². The lowest BCUT2D eigenvalue weighted by Crippen LogP contribution is -2.38. The molecule has 0 spiro atoms. The summed E-state index contributed by atoms with van der Waals surface area (Å²) in [5.41, 5.74) is 2.27. The van der Waals surface area contributed by atoms with Gasteiger partial charge in [-0.1, -0.05) is 12.1 Å². The molecule has 1 unspecified atom stereocenters. The van der Waals surface area contributed by atoms with Gasteiger partial charge in [-0.25, -0.2) is 4.99 Å². The number of halogens is 1. The second kappa shape index (κ2) is 15.8. The van der Waals surface area contributed by atoms with E-state index in [9.17, 15) is 0 Å². The Morgan fingerprint density at radius 3 is 2.68 bits per heavy atom. The first-order valence-corrected chi connectivity index (χ1v) is 9.85. The molecule has 28 heavy (non-hydrogen) atoms. The van der Waals surface area contributed by atoms with Crippen LogP contribution in [0.3, 0.4) is 0 Å². The fourth-order valence-electron chi connectivity index (χ4n) is 2.71. The van der Waals surface area contributed by atoms with Crippen LogP contribution in [0.5, 0.6) is 0 Å². The first-order valence-electron chi connectivity index (χ1n) is 9.85. The summed E-state index contributed by atoms with van der Waals surface area (Å²) in [5.74, 6) is 0.837.